The molecular formula is C50H40N2O2. The normalized spacial score (nSPS) is 24.3. The number of furan rings is 1. The standard InChI is InChI=1S/C50H40N2O2/c1-2-14-32(15-3-1)44-30-45(52-50(51-44)43-24-10-16-31-13-4-5-17-36(31)43)35-28-33(37-20-11-22-41-39-18-6-8-25-46(39)53-48(37)41)27-34(29-35)38-21-12-23-42-40-19-7-9-26-47(40)54-49(38)42/h1-2,4-14,16-20,22-30,38,40,45,47,50-52H,3,15,21H2. The van der Waals surface area contributed by atoms with Crippen LogP contribution in [0, 0.1) is 5.92 Å². The van der Waals surface area contributed by atoms with Crippen molar-refractivity contribution in [3.8, 4) is 11.1 Å². The van der Waals surface area contributed by atoms with E-state index in [1.165, 1.54) is 44.3 Å². The molecule has 5 unspecified atom stereocenters. The Morgan fingerprint density at radius 1 is 0.722 bits per heavy atom. The van der Waals surface area contributed by atoms with Crippen LogP contribution in [0.25, 0.3) is 43.8 Å². The minimum absolute atomic E-state index is 0.0491. The average Bonchev–Trinajstić information content (AvgIpc) is 3.82. The number of hydrogen-bond donors (Lipinski definition) is 2. The quantitative estimate of drug-likeness (QED) is 0.188. The molecule has 3 aliphatic carbocycles. The van der Waals surface area contributed by atoms with E-state index in [0.717, 1.165) is 58.1 Å². The van der Waals surface area contributed by atoms with E-state index in [1.807, 2.05) is 6.07 Å². The zero-order valence-corrected chi connectivity index (χ0v) is 29.9. The molecule has 5 aromatic carbocycles. The first-order valence-electron chi connectivity index (χ1n) is 19.3. The lowest BCUT2D eigenvalue weighted by molar-refractivity contribution is 0.151. The molecule has 262 valence electrons. The van der Waals surface area contributed by atoms with Gasteiger partial charge in [0.05, 0.1) is 6.04 Å². The number of rotatable bonds is 5. The molecule has 5 aliphatic rings. The van der Waals surface area contributed by atoms with Crippen molar-refractivity contribution in [2.45, 2.75) is 43.5 Å². The summed E-state index contributed by atoms with van der Waals surface area (Å²) in [5, 5.41) is 12.8. The van der Waals surface area contributed by atoms with E-state index >= 15 is 0 Å². The first-order chi connectivity index (χ1) is 26.7. The summed E-state index contributed by atoms with van der Waals surface area (Å²) in [6.07, 6.45) is 25.4. The van der Waals surface area contributed by atoms with Crippen LogP contribution < -0.4 is 10.6 Å². The number of ether oxygens (including phenoxy) is 1. The maximum Gasteiger partial charge on any atom is 0.143 e. The molecule has 6 aromatic rings. The van der Waals surface area contributed by atoms with Gasteiger partial charge in [-0.25, -0.2) is 0 Å². The average molecular weight is 701 g/mol. The summed E-state index contributed by atoms with van der Waals surface area (Å²) in [6, 6.07) is 37.4. The Labute approximate surface area is 315 Å². The van der Waals surface area contributed by atoms with Crippen molar-refractivity contribution in [1.29, 1.82) is 0 Å². The van der Waals surface area contributed by atoms with Gasteiger partial charge >= 0.3 is 0 Å². The van der Waals surface area contributed by atoms with Gasteiger partial charge in [0.15, 0.2) is 0 Å². The molecule has 5 atom stereocenters. The predicted octanol–water partition coefficient (Wildman–Crippen LogP) is 11.9. The largest absolute Gasteiger partial charge is 0.489 e. The first kappa shape index (κ1) is 31.4. The second kappa shape index (κ2) is 12.8. The van der Waals surface area contributed by atoms with Crippen molar-refractivity contribution >= 4 is 32.7 Å². The second-order valence-electron chi connectivity index (χ2n) is 15.1. The Kier molecular flexibility index (Phi) is 7.44. The van der Waals surface area contributed by atoms with Crippen molar-refractivity contribution in [3.63, 3.8) is 0 Å². The summed E-state index contributed by atoms with van der Waals surface area (Å²) in [4.78, 5) is 0. The van der Waals surface area contributed by atoms with Gasteiger partial charge < -0.3 is 14.5 Å². The van der Waals surface area contributed by atoms with Crippen LogP contribution in [0.2, 0.25) is 0 Å². The van der Waals surface area contributed by atoms with Crippen LogP contribution in [-0.2, 0) is 4.74 Å². The van der Waals surface area contributed by atoms with Crippen molar-refractivity contribution in [2.24, 2.45) is 5.92 Å². The molecule has 4 nitrogen and oxygen atoms in total. The van der Waals surface area contributed by atoms with Gasteiger partial charge in [-0.2, -0.15) is 0 Å². The zero-order valence-electron chi connectivity index (χ0n) is 29.9. The van der Waals surface area contributed by atoms with Crippen LogP contribution in [-0.4, -0.2) is 6.10 Å². The molecule has 11 rings (SSSR count). The van der Waals surface area contributed by atoms with E-state index in [4.69, 9.17) is 9.15 Å². The zero-order chi connectivity index (χ0) is 35.6. The molecule has 54 heavy (non-hydrogen) atoms. The third-order valence-corrected chi connectivity index (χ3v) is 11.9. The van der Waals surface area contributed by atoms with Crippen LogP contribution in [0.15, 0.2) is 191 Å². The van der Waals surface area contributed by atoms with E-state index < -0.39 is 0 Å². The fourth-order valence-electron chi connectivity index (χ4n) is 9.28. The molecule has 0 fully saturated rings. The van der Waals surface area contributed by atoms with Crippen LogP contribution in [0.3, 0.4) is 0 Å². The number of nitrogens with one attached hydrogen (secondary N) is 2. The molecular weight excluding hydrogens is 661 g/mol. The Balaban J connectivity index is 1.09. The van der Waals surface area contributed by atoms with Crippen LogP contribution in [0.4, 0.5) is 0 Å². The molecule has 3 heterocycles. The second-order valence-corrected chi connectivity index (χ2v) is 15.1. The molecule has 0 saturated carbocycles. The molecule has 0 bridgehead atoms. The number of fused-ring (bicyclic) bond motifs is 6. The van der Waals surface area contributed by atoms with Crippen molar-refractivity contribution in [2.75, 3.05) is 0 Å². The maximum atomic E-state index is 6.81. The third kappa shape index (κ3) is 5.24. The smallest absolute Gasteiger partial charge is 0.143 e. The van der Waals surface area contributed by atoms with Gasteiger partial charge in [-0.3, -0.25) is 5.32 Å². The molecule has 2 aliphatic heterocycles. The lowest BCUT2D eigenvalue weighted by atomic mass is 9.81. The van der Waals surface area contributed by atoms with E-state index in [-0.39, 0.29) is 30.1 Å². The summed E-state index contributed by atoms with van der Waals surface area (Å²) < 4.78 is 13.5. The van der Waals surface area contributed by atoms with Crippen molar-refractivity contribution in [1.82, 2.24) is 10.6 Å². The summed E-state index contributed by atoms with van der Waals surface area (Å²) >= 11 is 0. The minimum atomic E-state index is -0.0920. The Hall–Kier alpha value is -6.10. The highest BCUT2D eigenvalue weighted by Crippen LogP contribution is 2.48. The number of benzene rings is 5. The topological polar surface area (TPSA) is 46.4 Å². The van der Waals surface area contributed by atoms with Gasteiger partial charge in [0.25, 0.3) is 0 Å². The van der Waals surface area contributed by atoms with E-state index in [9.17, 15) is 0 Å². The highest BCUT2D eigenvalue weighted by atomic mass is 16.5. The number of allylic oxidation sites excluding steroid dienone is 9. The highest BCUT2D eigenvalue weighted by Gasteiger charge is 2.39. The van der Waals surface area contributed by atoms with Gasteiger partial charge in [0.2, 0.25) is 0 Å². The van der Waals surface area contributed by atoms with E-state index in [0.29, 0.717) is 0 Å². The first-order valence-corrected chi connectivity index (χ1v) is 19.3. The van der Waals surface area contributed by atoms with Gasteiger partial charge in [-0.05, 0) is 82.1 Å². The van der Waals surface area contributed by atoms with Gasteiger partial charge in [0.1, 0.15) is 29.2 Å². The molecule has 0 amide bonds. The summed E-state index contributed by atoms with van der Waals surface area (Å²) in [5.41, 5.74) is 11.6. The molecule has 0 radical (unpaired) electrons. The Bertz CT molecular complexity index is 2710. The number of para-hydroxylation sites is 2. The minimum Gasteiger partial charge on any atom is -0.489 e. The molecule has 1 aromatic heterocycles. The molecule has 4 heteroatoms. The van der Waals surface area contributed by atoms with Crippen molar-refractivity contribution < 1.29 is 9.15 Å². The fraction of sp³-hybridized carbons (Fsp3) is 0.160. The van der Waals surface area contributed by atoms with Crippen molar-refractivity contribution in [3.05, 3.63) is 203 Å². The van der Waals surface area contributed by atoms with E-state index in [2.05, 4.69) is 168 Å². The summed E-state index contributed by atoms with van der Waals surface area (Å²) in [5.74, 6) is 1.47. The Morgan fingerprint density at radius 2 is 1.56 bits per heavy atom. The maximum absolute atomic E-state index is 6.81. The van der Waals surface area contributed by atoms with Gasteiger partial charge in [-0.15, -0.1) is 0 Å². The van der Waals surface area contributed by atoms with Gasteiger partial charge in [0, 0.05) is 39.4 Å². The number of hydrogen-bond acceptors (Lipinski definition) is 4. The van der Waals surface area contributed by atoms with Gasteiger partial charge in [-0.1, -0.05) is 140 Å². The lowest BCUT2D eigenvalue weighted by Crippen LogP contribution is -2.40. The van der Waals surface area contributed by atoms with Crippen LogP contribution in [0.1, 0.15) is 54.1 Å². The molecule has 0 saturated heterocycles. The fourth-order valence-corrected chi connectivity index (χ4v) is 9.28. The predicted molar refractivity (Wildman–Crippen MR) is 220 cm³/mol. The SMILES string of the molecule is C1=CCCC(C2=CC(c3cc(-c4cccc5c4oc4ccccc45)cc(C4CC=CC5=C4OC4C=CC=CC54)c3)NC(c3cccc4ccccc34)N2)=C1. The molecule has 0 spiro atoms. The van der Waals surface area contributed by atoms with Crippen LogP contribution in [0.5, 0.6) is 0 Å². The Morgan fingerprint density at radius 3 is 2.50 bits per heavy atom. The molecule has 2 N–H and O–H groups in total. The highest BCUT2D eigenvalue weighted by molar-refractivity contribution is 6.09. The monoisotopic (exact) mass is 700 g/mol. The summed E-state index contributed by atoms with van der Waals surface area (Å²) in [7, 11) is 0. The third-order valence-electron chi connectivity index (χ3n) is 11.9. The summed E-state index contributed by atoms with van der Waals surface area (Å²) in [6.45, 7) is 0. The van der Waals surface area contributed by atoms with Crippen LogP contribution >= 0.6 is 0 Å². The van der Waals surface area contributed by atoms with E-state index in [1.54, 1.807) is 0 Å². The lowest BCUT2D eigenvalue weighted by Gasteiger charge is -2.35.